The van der Waals surface area contributed by atoms with Crippen molar-refractivity contribution >= 4 is 11.3 Å². The molecular weight excluding hydrogens is 226 g/mol. The van der Waals surface area contributed by atoms with E-state index in [0.29, 0.717) is 0 Å². The van der Waals surface area contributed by atoms with Gasteiger partial charge in [0.15, 0.2) is 0 Å². The summed E-state index contributed by atoms with van der Waals surface area (Å²) in [4.78, 5) is 0. The molecule has 92 valence electrons. The van der Waals surface area contributed by atoms with Crippen LogP contribution in [0, 0.1) is 0 Å². The van der Waals surface area contributed by atoms with Crippen LogP contribution in [-0.2, 0) is 13.5 Å². The summed E-state index contributed by atoms with van der Waals surface area (Å²) in [5.41, 5.74) is 10.1. The van der Waals surface area contributed by atoms with Gasteiger partial charge in [0.2, 0.25) is 0 Å². The van der Waals surface area contributed by atoms with E-state index in [2.05, 4.69) is 17.1 Å². The topological polar surface area (TPSA) is 61.1 Å². The Hall–Kier alpha value is -2.30. The summed E-state index contributed by atoms with van der Waals surface area (Å²) < 4.78 is 3.57. The smallest absolute Gasteiger partial charge is 0.125 e. The maximum absolute atomic E-state index is 6.04. The lowest BCUT2D eigenvalue weighted by Gasteiger charge is -1.99. The van der Waals surface area contributed by atoms with Crippen molar-refractivity contribution in [2.45, 2.75) is 13.3 Å². The Kier molecular flexibility index (Phi) is 2.33. The number of aromatic nitrogens is 4. The van der Waals surface area contributed by atoms with Gasteiger partial charge in [-0.3, -0.25) is 4.68 Å². The van der Waals surface area contributed by atoms with Gasteiger partial charge in [0, 0.05) is 24.4 Å². The predicted molar refractivity (Wildman–Crippen MR) is 71.2 cm³/mol. The SMILES string of the molecule is CCc1c(-c2cnn3ccccc23)nn(C)c1N. The van der Waals surface area contributed by atoms with E-state index >= 15 is 0 Å². The van der Waals surface area contributed by atoms with Gasteiger partial charge in [-0.25, -0.2) is 4.52 Å². The zero-order chi connectivity index (χ0) is 12.7. The first kappa shape index (κ1) is 10.8. The zero-order valence-electron chi connectivity index (χ0n) is 10.5. The number of rotatable bonds is 2. The number of nitrogen functional groups attached to an aromatic ring is 1. The molecular formula is C13H15N5. The minimum Gasteiger partial charge on any atom is -0.384 e. The second kappa shape index (κ2) is 3.87. The number of anilines is 1. The highest BCUT2D eigenvalue weighted by Crippen LogP contribution is 2.29. The number of hydrogen-bond acceptors (Lipinski definition) is 3. The molecule has 0 saturated heterocycles. The highest BCUT2D eigenvalue weighted by molar-refractivity contribution is 5.81. The van der Waals surface area contributed by atoms with E-state index in [1.165, 1.54) is 0 Å². The van der Waals surface area contributed by atoms with Crippen molar-refractivity contribution in [3.05, 3.63) is 36.2 Å². The third-order valence-electron chi connectivity index (χ3n) is 3.23. The Morgan fingerprint density at radius 3 is 2.94 bits per heavy atom. The van der Waals surface area contributed by atoms with Crippen molar-refractivity contribution in [1.82, 2.24) is 19.4 Å². The fourth-order valence-corrected chi connectivity index (χ4v) is 2.26. The molecule has 0 aliphatic carbocycles. The third-order valence-corrected chi connectivity index (χ3v) is 3.23. The molecule has 2 N–H and O–H groups in total. The van der Waals surface area contributed by atoms with Crippen LogP contribution in [0.3, 0.4) is 0 Å². The van der Waals surface area contributed by atoms with Gasteiger partial charge in [0.1, 0.15) is 11.5 Å². The van der Waals surface area contributed by atoms with Crippen LogP contribution in [0.2, 0.25) is 0 Å². The lowest BCUT2D eigenvalue weighted by molar-refractivity contribution is 0.782. The molecule has 0 amide bonds. The fourth-order valence-electron chi connectivity index (χ4n) is 2.26. The summed E-state index contributed by atoms with van der Waals surface area (Å²) in [6, 6.07) is 5.99. The van der Waals surface area contributed by atoms with Gasteiger partial charge in [-0.2, -0.15) is 10.2 Å². The predicted octanol–water partition coefficient (Wildman–Crippen LogP) is 1.88. The first-order chi connectivity index (χ1) is 8.72. The van der Waals surface area contributed by atoms with Gasteiger partial charge in [0.25, 0.3) is 0 Å². The molecule has 3 heterocycles. The second-order valence-corrected chi connectivity index (χ2v) is 4.28. The minimum absolute atomic E-state index is 0.725. The molecule has 0 aromatic carbocycles. The van der Waals surface area contributed by atoms with Crippen molar-refractivity contribution in [3.8, 4) is 11.3 Å². The molecule has 18 heavy (non-hydrogen) atoms. The molecule has 0 radical (unpaired) electrons. The van der Waals surface area contributed by atoms with Crippen LogP contribution in [0.1, 0.15) is 12.5 Å². The summed E-state index contributed by atoms with van der Waals surface area (Å²) in [7, 11) is 1.86. The maximum atomic E-state index is 6.04. The van der Waals surface area contributed by atoms with Gasteiger partial charge >= 0.3 is 0 Å². The quantitative estimate of drug-likeness (QED) is 0.745. The van der Waals surface area contributed by atoms with Gasteiger partial charge in [-0.15, -0.1) is 0 Å². The van der Waals surface area contributed by atoms with Gasteiger partial charge in [-0.1, -0.05) is 13.0 Å². The molecule has 0 unspecified atom stereocenters. The third kappa shape index (κ3) is 1.40. The van der Waals surface area contributed by atoms with Gasteiger partial charge in [-0.05, 0) is 18.6 Å². The standard InChI is InChI=1S/C13H15N5/c1-3-9-12(16-17(2)13(9)14)10-8-15-18-7-5-4-6-11(10)18/h4-8H,3,14H2,1-2H3. The van der Waals surface area contributed by atoms with Crippen molar-refractivity contribution in [2.75, 3.05) is 5.73 Å². The molecule has 0 atom stereocenters. The van der Waals surface area contributed by atoms with Crippen molar-refractivity contribution < 1.29 is 0 Å². The fraction of sp³-hybridized carbons (Fsp3) is 0.231. The van der Waals surface area contributed by atoms with E-state index in [0.717, 1.165) is 34.6 Å². The lowest BCUT2D eigenvalue weighted by atomic mass is 10.1. The summed E-state index contributed by atoms with van der Waals surface area (Å²) in [5.74, 6) is 0.725. The summed E-state index contributed by atoms with van der Waals surface area (Å²) >= 11 is 0. The van der Waals surface area contributed by atoms with Crippen LogP contribution < -0.4 is 5.73 Å². The Morgan fingerprint density at radius 1 is 1.33 bits per heavy atom. The Morgan fingerprint density at radius 2 is 2.17 bits per heavy atom. The zero-order valence-corrected chi connectivity index (χ0v) is 10.5. The second-order valence-electron chi connectivity index (χ2n) is 4.28. The largest absolute Gasteiger partial charge is 0.384 e. The molecule has 5 heteroatoms. The van der Waals surface area contributed by atoms with E-state index in [-0.39, 0.29) is 0 Å². The van der Waals surface area contributed by atoms with Crippen molar-refractivity contribution in [3.63, 3.8) is 0 Å². The molecule has 0 bridgehead atoms. The molecule has 5 nitrogen and oxygen atoms in total. The number of nitrogens with zero attached hydrogens (tertiary/aromatic N) is 4. The highest BCUT2D eigenvalue weighted by Gasteiger charge is 2.17. The van der Waals surface area contributed by atoms with Crippen molar-refractivity contribution in [1.29, 1.82) is 0 Å². The van der Waals surface area contributed by atoms with E-state index in [1.807, 2.05) is 42.2 Å². The van der Waals surface area contributed by atoms with E-state index in [9.17, 15) is 0 Å². The average molecular weight is 241 g/mol. The van der Waals surface area contributed by atoms with Crippen LogP contribution in [0.15, 0.2) is 30.6 Å². The van der Waals surface area contributed by atoms with Crippen LogP contribution in [0.25, 0.3) is 16.8 Å². The van der Waals surface area contributed by atoms with Crippen molar-refractivity contribution in [2.24, 2.45) is 7.05 Å². The molecule has 0 aliphatic heterocycles. The minimum atomic E-state index is 0.725. The van der Waals surface area contributed by atoms with E-state index in [4.69, 9.17) is 5.73 Å². The Bertz CT molecular complexity index is 707. The van der Waals surface area contributed by atoms with Crippen LogP contribution in [-0.4, -0.2) is 19.4 Å². The number of fused-ring (bicyclic) bond motifs is 1. The molecule has 3 aromatic heterocycles. The molecule has 0 saturated carbocycles. The summed E-state index contributed by atoms with van der Waals surface area (Å²) in [6.45, 7) is 2.09. The number of hydrogen-bond donors (Lipinski definition) is 1. The Labute approximate surface area is 105 Å². The maximum Gasteiger partial charge on any atom is 0.125 e. The number of pyridine rings is 1. The normalized spacial score (nSPS) is 11.2. The molecule has 0 fully saturated rings. The summed E-state index contributed by atoms with van der Waals surface area (Å²) in [6.07, 6.45) is 4.63. The lowest BCUT2D eigenvalue weighted by Crippen LogP contribution is -1.98. The molecule has 0 aliphatic rings. The van der Waals surface area contributed by atoms with Gasteiger partial charge in [0.05, 0.1) is 11.7 Å². The van der Waals surface area contributed by atoms with Crippen LogP contribution >= 0.6 is 0 Å². The molecule has 3 rings (SSSR count). The van der Waals surface area contributed by atoms with Crippen LogP contribution in [0.5, 0.6) is 0 Å². The summed E-state index contributed by atoms with van der Waals surface area (Å²) in [5, 5.41) is 8.85. The highest BCUT2D eigenvalue weighted by atomic mass is 15.3. The van der Waals surface area contributed by atoms with E-state index < -0.39 is 0 Å². The molecule has 0 spiro atoms. The number of nitrogens with two attached hydrogens (primary N) is 1. The molecule has 3 aromatic rings. The van der Waals surface area contributed by atoms with Crippen LogP contribution in [0.4, 0.5) is 5.82 Å². The van der Waals surface area contributed by atoms with Gasteiger partial charge < -0.3 is 5.73 Å². The first-order valence-corrected chi connectivity index (χ1v) is 5.96. The number of aryl methyl sites for hydroxylation is 1. The van der Waals surface area contributed by atoms with E-state index in [1.54, 1.807) is 4.68 Å². The average Bonchev–Trinajstić information content (AvgIpc) is 2.92. The first-order valence-electron chi connectivity index (χ1n) is 5.96. The Balaban J connectivity index is 2.29. The monoisotopic (exact) mass is 241 g/mol.